The van der Waals surface area contributed by atoms with Crippen molar-refractivity contribution in [2.24, 2.45) is 35.0 Å². The largest absolute Gasteiger partial charge is 0.0993 e. The molecule has 0 bridgehead atoms. The predicted octanol–water partition coefficient (Wildman–Crippen LogP) is 7.72. The van der Waals surface area contributed by atoms with Gasteiger partial charge in [-0.25, -0.2) is 0 Å². The molecule has 0 saturated heterocycles. The smallest absolute Gasteiger partial charge is 0.0143 e. The number of allylic oxidation sites excluding steroid dienone is 5. The highest BCUT2D eigenvalue weighted by atomic mass is 14.5. The molecule has 0 amide bonds. The normalized spacial score (nSPS) is 41.7. The molecule has 0 aromatic heterocycles. The third kappa shape index (κ3) is 3.56. The standard InChI is InChI=1S/C25H40/c1-7-17(2)23-12-13-24-22(9-8-14-25(23,24)6)11-10-21-15-18(3)20(5)19(4)16-21/h10-11,17-19,23-24H,5,7-9,12-16H2,1-4,6H3/b22-11+/t17-,18+,19+,23?,24-,25+/m0/s1. The molecular formula is C25H40. The minimum absolute atomic E-state index is 0.569. The molecule has 0 radical (unpaired) electrons. The second-order valence-corrected chi connectivity index (χ2v) is 9.83. The fraction of sp³-hybridized carbons (Fsp3) is 0.760. The van der Waals surface area contributed by atoms with Gasteiger partial charge in [-0.3, -0.25) is 0 Å². The van der Waals surface area contributed by atoms with Crippen LogP contribution < -0.4 is 0 Å². The van der Waals surface area contributed by atoms with Crippen LogP contribution in [0.15, 0.2) is 35.5 Å². The Morgan fingerprint density at radius 1 is 1.16 bits per heavy atom. The lowest BCUT2D eigenvalue weighted by Gasteiger charge is -2.44. The van der Waals surface area contributed by atoms with E-state index in [0.29, 0.717) is 17.3 Å². The molecule has 0 aromatic carbocycles. The molecule has 3 aliphatic rings. The highest BCUT2D eigenvalue weighted by Crippen LogP contribution is 2.59. The van der Waals surface area contributed by atoms with E-state index in [9.17, 15) is 0 Å². The zero-order valence-electron chi connectivity index (χ0n) is 17.4. The van der Waals surface area contributed by atoms with Crippen LogP contribution in [0.25, 0.3) is 0 Å². The summed E-state index contributed by atoms with van der Waals surface area (Å²) >= 11 is 0. The lowest BCUT2D eigenvalue weighted by atomic mass is 9.61. The molecule has 0 spiro atoms. The third-order valence-electron chi connectivity index (χ3n) is 8.30. The van der Waals surface area contributed by atoms with E-state index in [1.807, 2.05) is 0 Å². The van der Waals surface area contributed by atoms with E-state index in [-0.39, 0.29) is 0 Å². The Hall–Kier alpha value is -0.780. The number of hydrogen-bond donors (Lipinski definition) is 0. The molecule has 0 aliphatic heterocycles. The van der Waals surface area contributed by atoms with Gasteiger partial charge >= 0.3 is 0 Å². The Morgan fingerprint density at radius 2 is 1.84 bits per heavy atom. The van der Waals surface area contributed by atoms with Crippen molar-refractivity contribution in [1.82, 2.24) is 0 Å². The maximum atomic E-state index is 4.30. The van der Waals surface area contributed by atoms with Crippen LogP contribution in [-0.2, 0) is 0 Å². The minimum Gasteiger partial charge on any atom is -0.0993 e. The summed E-state index contributed by atoms with van der Waals surface area (Å²) in [5.41, 5.74) is 5.46. The quantitative estimate of drug-likeness (QED) is 0.461. The first-order valence-electron chi connectivity index (χ1n) is 10.9. The summed E-state index contributed by atoms with van der Waals surface area (Å²) < 4.78 is 0. The van der Waals surface area contributed by atoms with Crippen LogP contribution >= 0.6 is 0 Å². The maximum absolute atomic E-state index is 4.30. The van der Waals surface area contributed by atoms with Gasteiger partial charge in [-0.15, -0.1) is 0 Å². The van der Waals surface area contributed by atoms with Gasteiger partial charge in [0.1, 0.15) is 0 Å². The van der Waals surface area contributed by atoms with Gasteiger partial charge in [0.05, 0.1) is 0 Å². The molecule has 0 nitrogen and oxygen atoms in total. The number of rotatable bonds is 3. The maximum Gasteiger partial charge on any atom is -0.0143 e. The molecule has 0 heterocycles. The van der Waals surface area contributed by atoms with Crippen molar-refractivity contribution in [3.05, 3.63) is 35.5 Å². The fourth-order valence-electron chi connectivity index (χ4n) is 6.48. The Labute approximate surface area is 156 Å². The van der Waals surface area contributed by atoms with Crippen LogP contribution in [0.1, 0.15) is 86.0 Å². The Balaban J connectivity index is 1.78. The molecule has 140 valence electrons. The first-order chi connectivity index (χ1) is 11.9. The average Bonchev–Trinajstić information content (AvgIpc) is 2.94. The monoisotopic (exact) mass is 340 g/mol. The van der Waals surface area contributed by atoms with Gasteiger partial charge in [0.15, 0.2) is 0 Å². The van der Waals surface area contributed by atoms with Crippen LogP contribution in [-0.4, -0.2) is 0 Å². The molecule has 3 fully saturated rings. The van der Waals surface area contributed by atoms with Crippen LogP contribution in [0, 0.1) is 35.0 Å². The summed E-state index contributed by atoms with van der Waals surface area (Å²) in [5, 5.41) is 0. The molecular weight excluding hydrogens is 300 g/mol. The van der Waals surface area contributed by atoms with Gasteiger partial charge in [0.25, 0.3) is 0 Å². The Morgan fingerprint density at radius 3 is 2.48 bits per heavy atom. The highest BCUT2D eigenvalue weighted by Gasteiger charge is 2.50. The van der Waals surface area contributed by atoms with Crippen LogP contribution in [0.5, 0.6) is 0 Å². The zero-order chi connectivity index (χ0) is 18.2. The molecule has 0 aromatic rings. The lowest BCUT2D eigenvalue weighted by molar-refractivity contribution is 0.0961. The van der Waals surface area contributed by atoms with E-state index >= 15 is 0 Å². The summed E-state index contributed by atoms with van der Waals surface area (Å²) in [4.78, 5) is 0. The summed E-state index contributed by atoms with van der Waals surface area (Å²) in [5.74, 6) is 4.00. The van der Waals surface area contributed by atoms with Gasteiger partial charge in [-0.2, -0.15) is 0 Å². The van der Waals surface area contributed by atoms with Gasteiger partial charge < -0.3 is 0 Å². The molecule has 3 aliphatic carbocycles. The van der Waals surface area contributed by atoms with Crippen molar-refractivity contribution in [2.45, 2.75) is 86.0 Å². The van der Waals surface area contributed by atoms with Gasteiger partial charge in [0.2, 0.25) is 0 Å². The summed E-state index contributed by atoms with van der Waals surface area (Å²) in [6.45, 7) is 16.5. The fourth-order valence-corrected chi connectivity index (χ4v) is 6.48. The molecule has 25 heavy (non-hydrogen) atoms. The number of hydrogen-bond acceptors (Lipinski definition) is 0. The van der Waals surface area contributed by atoms with Crippen molar-refractivity contribution in [3.8, 4) is 0 Å². The molecule has 3 saturated carbocycles. The lowest BCUT2D eigenvalue weighted by Crippen LogP contribution is -2.35. The molecule has 6 atom stereocenters. The van der Waals surface area contributed by atoms with Crippen molar-refractivity contribution in [3.63, 3.8) is 0 Å². The average molecular weight is 341 g/mol. The van der Waals surface area contributed by atoms with Crippen molar-refractivity contribution < 1.29 is 0 Å². The zero-order valence-corrected chi connectivity index (χ0v) is 17.4. The summed E-state index contributed by atoms with van der Waals surface area (Å²) in [6.07, 6.45) is 16.0. The Bertz CT molecular complexity index is 547. The van der Waals surface area contributed by atoms with Crippen molar-refractivity contribution in [1.29, 1.82) is 0 Å². The first kappa shape index (κ1) is 19.0. The number of fused-ring (bicyclic) bond motifs is 1. The van der Waals surface area contributed by atoms with E-state index in [1.165, 1.54) is 56.9 Å². The van der Waals surface area contributed by atoms with Crippen molar-refractivity contribution in [2.75, 3.05) is 0 Å². The summed E-state index contributed by atoms with van der Waals surface area (Å²) in [7, 11) is 0. The molecule has 0 N–H and O–H groups in total. The van der Waals surface area contributed by atoms with E-state index in [1.54, 1.807) is 11.1 Å². The molecule has 0 heteroatoms. The third-order valence-corrected chi connectivity index (χ3v) is 8.30. The van der Waals surface area contributed by atoms with Crippen LogP contribution in [0.4, 0.5) is 0 Å². The Kier molecular flexibility index (Phi) is 5.66. The second kappa shape index (κ2) is 7.45. The van der Waals surface area contributed by atoms with Gasteiger partial charge in [-0.05, 0) is 80.0 Å². The van der Waals surface area contributed by atoms with E-state index in [2.05, 4.69) is 53.3 Å². The van der Waals surface area contributed by atoms with Gasteiger partial charge in [-0.1, -0.05) is 76.5 Å². The van der Waals surface area contributed by atoms with Crippen molar-refractivity contribution >= 4 is 0 Å². The van der Waals surface area contributed by atoms with Crippen LogP contribution in [0.3, 0.4) is 0 Å². The first-order valence-corrected chi connectivity index (χ1v) is 10.9. The minimum atomic E-state index is 0.569. The van der Waals surface area contributed by atoms with Gasteiger partial charge in [0, 0.05) is 0 Å². The second-order valence-electron chi connectivity index (χ2n) is 9.83. The van der Waals surface area contributed by atoms with E-state index in [4.69, 9.17) is 0 Å². The molecule has 1 unspecified atom stereocenters. The molecule has 3 rings (SSSR count). The predicted molar refractivity (Wildman–Crippen MR) is 110 cm³/mol. The topological polar surface area (TPSA) is 0 Å². The SMILES string of the molecule is C=C1[C@H](C)CC(=C/C=C2\CCC[C@]3(C)C([C@@H](C)CC)CC[C@@H]23)C[C@H]1C. The van der Waals surface area contributed by atoms with Crippen LogP contribution in [0.2, 0.25) is 0 Å². The highest BCUT2D eigenvalue weighted by molar-refractivity contribution is 5.28. The van der Waals surface area contributed by atoms with E-state index in [0.717, 1.165) is 17.8 Å². The summed E-state index contributed by atoms with van der Waals surface area (Å²) in [6, 6.07) is 0. The van der Waals surface area contributed by atoms with E-state index < -0.39 is 0 Å².